The molecule has 0 saturated carbocycles. The Bertz CT molecular complexity index is 519. The fourth-order valence-corrected chi connectivity index (χ4v) is 2.32. The first kappa shape index (κ1) is 18.0. The average Bonchev–Trinajstić information content (AvgIpc) is 2.35. The molecule has 5 nitrogen and oxygen atoms in total. The number of hydrogen-bond donors (Lipinski definition) is 2. The van der Waals surface area contributed by atoms with Crippen molar-refractivity contribution in [3.05, 3.63) is 35.9 Å². The lowest BCUT2D eigenvalue weighted by molar-refractivity contribution is -0.146. The number of hydrogen-bond acceptors (Lipinski definition) is 3. The van der Waals surface area contributed by atoms with Crippen LogP contribution in [0.15, 0.2) is 30.3 Å². The first-order valence-electron chi connectivity index (χ1n) is 7.37. The van der Waals surface area contributed by atoms with Gasteiger partial charge in [-0.2, -0.15) is 0 Å². The summed E-state index contributed by atoms with van der Waals surface area (Å²) in [6.07, 6.45) is -0.467. The molecule has 0 bridgehead atoms. The molecular formula is C17H25NO4. The number of benzene rings is 1. The second-order valence-electron chi connectivity index (χ2n) is 6.80. The highest BCUT2D eigenvalue weighted by atomic mass is 16.6. The summed E-state index contributed by atoms with van der Waals surface area (Å²) in [6, 6.07) is 8.72. The van der Waals surface area contributed by atoms with Crippen molar-refractivity contribution >= 4 is 12.1 Å². The molecule has 22 heavy (non-hydrogen) atoms. The zero-order chi connectivity index (χ0) is 17.0. The molecule has 0 heterocycles. The second-order valence-corrected chi connectivity index (χ2v) is 6.80. The van der Waals surface area contributed by atoms with Gasteiger partial charge in [0.1, 0.15) is 5.60 Å². The maximum atomic E-state index is 12.1. The van der Waals surface area contributed by atoms with Crippen LogP contribution in [0.2, 0.25) is 0 Å². The van der Waals surface area contributed by atoms with Crippen LogP contribution >= 0.6 is 0 Å². The normalized spacial score (nSPS) is 14.3. The highest BCUT2D eigenvalue weighted by molar-refractivity contribution is 5.86. The number of carboxylic acids is 1. The molecule has 122 valence electrons. The van der Waals surface area contributed by atoms with Crippen molar-refractivity contribution in [3.63, 3.8) is 0 Å². The fraction of sp³-hybridized carbons (Fsp3) is 0.529. The molecule has 0 aliphatic heterocycles. The van der Waals surface area contributed by atoms with E-state index in [0.29, 0.717) is 5.56 Å². The van der Waals surface area contributed by atoms with Crippen LogP contribution in [0.25, 0.3) is 0 Å². The van der Waals surface area contributed by atoms with Gasteiger partial charge in [-0.05, 0) is 38.7 Å². The monoisotopic (exact) mass is 307 g/mol. The number of carboxylic acid groups (broad SMARTS) is 1. The van der Waals surface area contributed by atoms with E-state index in [1.165, 1.54) is 0 Å². The van der Waals surface area contributed by atoms with Crippen LogP contribution in [-0.2, 0) is 15.1 Å². The van der Waals surface area contributed by atoms with E-state index >= 15 is 0 Å². The van der Waals surface area contributed by atoms with Crippen molar-refractivity contribution in [1.29, 1.82) is 0 Å². The first-order chi connectivity index (χ1) is 10.1. The van der Waals surface area contributed by atoms with Crippen molar-refractivity contribution in [2.75, 3.05) is 0 Å². The van der Waals surface area contributed by atoms with Crippen molar-refractivity contribution in [1.82, 2.24) is 5.32 Å². The van der Waals surface area contributed by atoms with Gasteiger partial charge < -0.3 is 15.2 Å². The maximum absolute atomic E-state index is 12.1. The molecule has 1 unspecified atom stereocenters. The van der Waals surface area contributed by atoms with Crippen molar-refractivity contribution in [3.8, 4) is 0 Å². The summed E-state index contributed by atoms with van der Waals surface area (Å²) in [5, 5.41) is 12.4. The minimum absolute atomic E-state index is 0.0752. The Morgan fingerprint density at radius 2 is 1.73 bits per heavy atom. The Morgan fingerprint density at radius 3 is 2.14 bits per heavy atom. The van der Waals surface area contributed by atoms with E-state index in [2.05, 4.69) is 5.32 Å². The predicted octanol–water partition coefficient (Wildman–Crippen LogP) is 3.54. The number of nitrogens with one attached hydrogen (secondary N) is 1. The summed E-state index contributed by atoms with van der Waals surface area (Å²) in [7, 11) is 0. The van der Waals surface area contributed by atoms with E-state index in [1.807, 2.05) is 13.8 Å². The molecule has 0 radical (unpaired) electrons. The lowest BCUT2D eigenvalue weighted by Gasteiger charge is -2.33. The summed E-state index contributed by atoms with van der Waals surface area (Å²) in [5.41, 5.74) is -1.66. The molecule has 2 N–H and O–H groups in total. The molecule has 0 saturated heterocycles. The molecule has 0 aliphatic rings. The summed E-state index contributed by atoms with van der Waals surface area (Å²) >= 11 is 0. The highest BCUT2D eigenvalue weighted by Gasteiger charge is 2.43. The lowest BCUT2D eigenvalue weighted by atomic mass is 9.82. The number of aliphatic carboxylic acids is 1. The van der Waals surface area contributed by atoms with Crippen LogP contribution in [-0.4, -0.2) is 22.8 Å². The van der Waals surface area contributed by atoms with Gasteiger partial charge in [0.05, 0.1) is 0 Å². The Morgan fingerprint density at radius 1 is 1.18 bits per heavy atom. The molecule has 0 fully saturated rings. The van der Waals surface area contributed by atoms with Gasteiger partial charge in [0, 0.05) is 0 Å². The molecule has 1 aromatic carbocycles. The molecule has 1 amide bonds. The molecule has 1 atom stereocenters. The van der Waals surface area contributed by atoms with Gasteiger partial charge in [0.25, 0.3) is 0 Å². The van der Waals surface area contributed by atoms with Gasteiger partial charge in [-0.25, -0.2) is 9.59 Å². The van der Waals surface area contributed by atoms with E-state index < -0.39 is 23.2 Å². The molecule has 1 aromatic rings. The number of carbonyl (C=O) groups is 2. The summed E-state index contributed by atoms with van der Waals surface area (Å²) in [5.74, 6) is -1.02. The van der Waals surface area contributed by atoms with Gasteiger partial charge >= 0.3 is 12.1 Å². The van der Waals surface area contributed by atoms with E-state index in [9.17, 15) is 14.7 Å². The van der Waals surface area contributed by atoms with Crippen LogP contribution in [0.5, 0.6) is 0 Å². The third-order valence-electron chi connectivity index (χ3n) is 3.06. The molecule has 1 rings (SSSR count). The zero-order valence-electron chi connectivity index (χ0n) is 13.8. The van der Waals surface area contributed by atoms with Crippen molar-refractivity contribution in [2.45, 2.75) is 52.2 Å². The Balaban J connectivity index is 3.21. The summed E-state index contributed by atoms with van der Waals surface area (Å²) < 4.78 is 5.23. The maximum Gasteiger partial charge on any atom is 0.408 e. The van der Waals surface area contributed by atoms with Crippen molar-refractivity contribution in [2.24, 2.45) is 5.92 Å². The highest BCUT2D eigenvalue weighted by Crippen LogP contribution is 2.30. The van der Waals surface area contributed by atoms with Crippen LogP contribution in [0.4, 0.5) is 4.79 Å². The topological polar surface area (TPSA) is 75.6 Å². The Labute approximate surface area is 131 Å². The molecule has 0 aliphatic carbocycles. The summed E-state index contributed by atoms with van der Waals surface area (Å²) in [6.45, 7) is 9.04. The third kappa shape index (κ3) is 4.76. The van der Waals surface area contributed by atoms with E-state index in [-0.39, 0.29) is 12.3 Å². The van der Waals surface area contributed by atoms with E-state index in [4.69, 9.17) is 4.74 Å². The van der Waals surface area contributed by atoms with Crippen LogP contribution in [0, 0.1) is 5.92 Å². The molecule has 0 spiro atoms. The van der Waals surface area contributed by atoms with Gasteiger partial charge in [-0.15, -0.1) is 0 Å². The fourth-order valence-electron chi connectivity index (χ4n) is 2.32. The molecule has 5 heteroatoms. The number of carbonyl (C=O) groups excluding carboxylic acids is 1. The second kappa shape index (κ2) is 6.81. The predicted molar refractivity (Wildman–Crippen MR) is 84.6 cm³/mol. The number of alkyl carbamates (subject to hydrolysis) is 1. The van der Waals surface area contributed by atoms with Crippen LogP contribution in [0.1, 0.15) is 46.6 Å². The number of amides is 1. The van der Waals surface area contributed by atoms with Gasteiger partial charge in [0.2, 0.25) is 0 Å². The summed E-state index contributed by atoms with van der Waals surface area (Å²) in [4.78, 5) is 24.1. The Hall–Kier alpha value is -2.04. The Kier molecular flexibility index (Phi) is 5.58. The van der Waals surface area contributed by atoms with E-state index in [0.717, 1.165) is 0 Å². The van der Waals surface area contributed by atoms with Gasteiger partial charge in [-0.3, -0.25) is 0 Å². The van der Waals surface area contributed by atoms with Gasteiger partial charge in [0.15, 0.2) is 5.54 Å². The number of ether oxygens (including phenoxy) is 1. The minimum Gasteiger partial charge on any atom is -0.479 e. The van der Waals surface area contributed by atoms with Crippen LogP contribution in [0.3, 0.4) is 0 Å². The third-order valence-corrected chi connectivity index (χ3v) is 3.06. The first-order valence-corrected chi connectivity index (χ1v) is 7.37. The minimum atomic E-state index is -1.50. The quantitative estimate of drug-likeness (QED) is 0.872. The number of rotatable bonds is 5. The smallest absolute Gasteiger partial charge is 0.408 e. The average molecular weight is 307 g/mol. The SMILES string of the molecule is CC(C)CC(NC(=O)OC(C)(C)C)(C(=O)O)c1ccccc1. The van der Waals surface area contributed by atoms with Gasteiger partial charge in [-0.1, -0.05) is 44.2 Å². The lowest BCUT2D eigenvalue weighted by Crippen LogP contribution is -2.53. The standard InChI is InChI=1S/C17H25NO4/c1-12(2)11-17(14(19)20,13-9-7-6-8-10-13)18-15(21)22-16(3,4)5/h6-10,12H,11H2,1-5H3,(H,18,21)(H,19,20). The molecule has 0 aromatic heterocycles. The molecular weight excluding hydrogens is 282 g/mol. The van der Waals surface area contributed by atoms with E-state index in [1.54, 1.807) is 51.1 Å². The largest absolute Gasteiger partial charge is 0.479 e. The zero-order valence-corrected chi connectivity index (χ0v) is 13.8. The van der Waals surface area contributed by atoms with Crippen molar-refractivity contribution < 1.29 is 19.4 Å². The van der Waals surface area contributed by atoms with Crippen LogP contribution < -0.4 is 5.32 Å².